The van der Waals surface area contributed by atoms with E-state index < -0.39 is 24.0 Å². The molecule has 0 bridgehead atoms. The molecule has 0 unspecified atom stereocenters. The topological polar surface area (TPSA) is 46.5 Å². The van der Waals surface area contributed by atoms with Gasteiger partial charge in [0.2, 0.25) is 0 Å². The van der Waals surface area contributed by atoms with Crippen molar-refractivity contribution in [2.45, 2.75) is 18.2 Å². The Morgan fingerprint density at radius 2 is 1.68 bits per heavy atom. The summed E-state index contributed by atoms with van der Waals surface area (Å²) in [4.78, 5) is 12.0. The van der Waals surface area contributed by atoms with Crippen molar-refractivity contribution < 1.29 is 27.8 Å². The number of benzene rings is 2. The lowest BCUT2D eigenvalue weighted by atomic mass is 9.87. The third kappa shape index (κ3) is 4.48. The normalized spacial score (nSPS) is 14.3. The molecular formula is C19H17F3O3. The second-order valence-corrected chi connectivity index (χ2v) is 5.47. The van der Waals surface area contributed by atoms with Gasteiger partial charge in [-0.1, -0.05) is 48.5 Å². The smallest absolute Gasteiger partial charge is 0.421 e. The molecule has 0 saturated heterocycles. The molecule has 1 N–H and O–H groups in total. The van der Waals surface area contributed by atoms with E-state index >= 15 is 0 Å². The first-order valence-corrected chi connectivity index (χ1v) is 7.46. The zero-order valence-electron chi connectivity index (χ0n) is 13.5. The lowest BCUT2D eigenvalue weighted by Crippen LogP contribution is -2.43. The molecule has 0 fully saturated rings. The van der Waals surface area contributed by atoms with Gasteiger partial charge in [-0.05, 0) is 29.3 Å². The molecule has 0 aromatic heterocycles. The number of carbonyl (C=O) groups excluding carboxylic acids is 1. The number of hydrogen-bond acceptors (Lipinski definition) is 3. The summed E-state index contributed by atoms with van der Waals surface area (Å²) < 4.78 is 45.1. The van der Waals surface area contributed by atoms with E-state index in [0.29, 0.717) is 11.3 Å². The second-order valence-electron chi connectivity index (χ2n) is 5.47. The Balaban J connectivity index is 2.18. The van der Waals surface area contributed by atoms with Crippen LogP contribution >= 0.6 is 0 Å². The van der Waals surface area contributed by atoms with Gasteiger partial charge in [0, 0.05) is 0 Å². The summed E-state index contributed by atoms with van der Waals surface area (Å²) in [6, 6.07) is 13.2. The van der Waals surface area contributed by atoms with Gasteiger partial charge in [0.05, 0.1) is 13.5 Å². The lowest BCUT2D eigenvalue weighted by Gasteiger charge is -2.30. The van der Waals surface area contributed by atoms with Gasteiger partial charge in [0.15, 0.2) is 11.4 Å². The molecule has 0 radical (unpaired) electrons. The van der Waals surface area contributed by atoms with Gasteiger partial charge in [-0.25, -0.2) is 0 Å². The molecule has 6 heteroatoms. The van der Waals surface area contributed by atoms with Crippen molar-refractivity contribution in [3.05, 3.63) is 71.8 Å². The van der Waals surface area contributed by atoms with Crippen molar-refractivity contribution >= 4 is 11.9 Å². The number of ether oxygens (including phenoxy) is 1. The first-order chi connectivity index (χ1) is 11.8. The highest BCUT2D eigenvalue weighted by atomic mass is 19.4. The molecular weight excluding hydrogens is 333 g/mol. The van der Waals surface area contributed by atoms with Gasteiger partial charge in [-0.3, -0.25) is 4.79 Å². The summed E-state index contributed by atoms with van der Waals surface area (Å²) in [5.74, 6) is -0.210. The summed E-state index contributed by atoms with van der Waals surface area (Å²) >= 11 is 0. The van der Waals surface area contributed by atoms with E-state index in [-0.39, 0.29) is 5.56 Å². The zero-order valence-corrected chi connectivity index (χ0v) is 13.5. The van der Waals surface area contributed by atoms with Crippen LogP contribution in [0.3, 0.4) is 0 Å². The Kier molecular flexibility index (Phi) is 5.64. The maximum atomic E-state index is 13.4. The Labute approximate surface area is 143 Å². The number of methoxy groups -OCH3 is 1. The third-order valence-electron chi connectivity index (χ3n) is 3.73. The monoisotopic (exact) mass is 350 g/mol. The Morgan fingerprint density at radius 3 is 2.20 bits per heavy atom. The highest BCUT2D eigenvalue weighted by molar-refractivity contribution is 5.94. The van der Waals surface area contributed by atoms with Crippen LogP contribution in [-0.2, 0) is 10.4 Å². The molecule has 1 atom stereocenters. The van der Waals surface area contributed by atoms with Gasteiger partial charge < -0.3 is 9.84 Å². The number of rotatable bonds is 6. The fourth-order valence-electron chi connectivity index (χ4n) is 2.30. The number of alkyl halides is 3. The minimum Gasteiger partial charge on any atom is -0.497 e. The van der Waals surface area contributed by atoms with Crippen molar-refractivity contribution in [2.75, 3.05) is 7.11 Å². The Bertz CT molecular complexity index is 737. The van der Waals surface area contributed by atoms with Gasteiger partial charge in [0.1, 0.15) is 5.75 Å². The van der Waals surface area contributed by atoms with Crippen LogP contribution in [0.25, 0.3) is 6.08 Å². The largest absolute Gasteiger partial charge is 0.497 e. The van der Waals surface area contributed by atoms with Crippen molar-refractivity contribution in [3.8, 4) is 5.75 Å². The molecule has 132 valence electrons. The number of halogens is 3. The maximum Gasteiger partial charge on any atom is 0.421 e. The SMILES string of the molecule is COc1ccc(/C=C\C(=O)C[C@@](O)(c2ccccc2)C(F)(F)F)cc1. The summed E-state index contributed by atoms with van der Waals surface area (Å²) in [7, 11) is 1.51. The lowest BCUT2D eigenvalue weighted by molar-refractivity contribution is -0.266. The summed E-state index contributed by atoms with van der Waals surface area (Å²) in [6.07, 6.45) is -3.64. The molecule has 2 rings (SSSR count). The maximum absolute atomic E-state index is 13.4. The van der Waals surface area contributed by atoms with Crippen molar-refractivity contribution in [2.24, 2.45) is 0 Å². The van der Waals surface area contributed by atoms with Crippen LogP contribution in [0.5, 0.6) is 5.75 Å². The summed E-state index contributed by atoms with van der Waals surface area (Å²) in [6.45, 7) is 0. The van der Waals surface area contributed by atoms with Crippen molar-refractivity contribution in [3.63, 3.8) is 0 Å². The van der Waals surface area contributed by atoms with Gasteiger partial charge in [0.25, 0.3) is 0 Å². The highest BCUT2D eigenvalue weighted by Crippen LogP contribution is 2.41. The molecule has 25 heavy (non-hydrogen) atoms. The summed E-state index contributed by atoms with van der Waals surface area (Å²) in [5.41, 5.74) is -2.96. The molecule has 2 aromatic rings. The second kappa shape index (κ2) is 7.53. The van der Waals surface area contributed by atoms with E-state index in [0.717, 1.165) is 18.2 Å². The standard InChI is InChI=1S/C19H17F3O3/c1-25-17-11-8-14(9-12-17)7-10-16(23)13-18(24,19(20,21)22)15-5-3-2-4-6-15/h2-12,24H,13H2,1H3/b10-7-/t18-/m1/s1. The fraction of sp³-hybridized carbons (Fsp3) is 0.211. The molecule has 0 amide bonds. The molecule has 2 aromatic carbocycles. The minimum absolute atomic E-state index is 0.367. The molecule has 3 nitrogen and oxygen atoms in total. The van der Waals surface area contributed by atoms with Crippen LogP contribution in [0.1, 0.15) is 17.5 Å². The van der Waals surface area contributed by atoms with E-state index in [1.807, 2.05) is 0 Å². The van der Waals surface area contributed by atoms with Crippen LogP contribution in [0.2, 0.25) is 0 Å². The number of ketones is 1. The number of aliphatic hydroxyl groups is 1. The highest BCUT2D eigenvalue weighted by Gasteiger charge is 2.55. The number of carbonyl (C=O) groups is 1. The van der Waals surface area contributed by atoms with Gasteiger partial charge in [-0.2, -0.15) is 13.2 Å². The van der Waals surface area contributed by atoms with E-state index in [1.54, 1.807) is 24.3 Å². The molecule has 0 aliphatic carbocycles. The number of allylic oxidation sites excluding steroid dienone is 1. The summed E-state index contributed by atoms with van der Waals surface area (Å²) in [5, 5.41) is 10.2. The first kappa shape index (κ1) is 18.7. The molecule has 0 aliphatic rings. The predicted molar refractivity (Wildman–Crippen MR) is 88.0 cm³/mol. The van der Waals surface area contributed by atoms with Gasteiger partial charge >= 0.3 is 6.18 Å². The van der Waals surface area contributed by atoms with Crippen LogP contribution in [0.4, 0.5) is 13.2 Å². The van der Waals surface area contributed by atoms with E-state index in [2.05, 4.69) is 0 Å². The first-order valence-electron chi connectivity index (χ1n) is 7.46. The van der Waals surface area contributed by atoms with Crippen LogP contribution in [0.15, 0.2) is 60.7 Å². The van der Waals surface area contributed by atoms with E-state index in [1.165, 1.54) is 31.4 Å². The molecule has 0 heterocycles. The molecule has 0 spiro atoms. The van der Waals surface area contributed by atoms with Crippen molar-refractivity contribution in [1.82, 2.24) is 0 Å². The Hall–Kier alpha value is -2.60. The Morgan fingerprint density at radius 1 is 1.08 bits per heavy atom. The molecule has 0 aliphatic heterocycles. The number of hydrogen-bond donors (Lipinski definition) is 1. The van der Waals surface area contributed by atoms with Gasteiger partial charge in [-0.15, -0.1) is 0 Å². The van der Waals surface area contributed by atoms with Crippen LogP contribution < -0.4 is 4.74 Å². The average Bonchev–Trinajstić information content (AvgIpc) is 2.60. The van der Waals surface area contributed by atoms with Crippen molar-refractivity contribution in [1.29, 1.82) is 0 Å². The predicted octanol–water partition coefficient (Wildman–Crippen LogP) is 4.12. The van der Waals surface area contributed by atoms with E-state index in [4.69, 9.17) is 4.74 Å². The fourth-order valence-corrected chi connectivity index (χ4v) is 2.30. The van der Waals surface area contributed by atoms with Crippen LogP contribution in [0, 0.1) is 0 Å². The molecule has 0 saturated carbocycles. The average molecular weight is 350 g/mol. The van der Waals surface area contributed by atoms with Crippen LogP contribution in [-0.4, -0.2) is 24.2 Å². The quantitative estimate of drug-likeness (QED) is 0.798. The zero-order chi connectivity index (χ0) is 18.5. The van der Waals surface area contributed by atoms with E-state index in [9.17, 15) is 23.1 Å². The third-order valence-corrected chi connectivity index (χ3v) is 3.73. The minimum atomic E-state index is -4.97.